The van der Waals surface area contributed by atoms with Gasteiger partial charge in [0, 0.05) is 28.5 Å². The first-order valence-electron chi connectivity index (χ1n) is 7.10. The molecule has 2 aromatic heterocycles. The Hall–Kier alpha value is -2.58. The van der Waals surface area contributed by atoms with Crippen LogP contribution in [0, 0.1) is 0 Å². The molecule has 2 heterocycles. The van der Waals surface area contributed by atoms with Gasteiger partial charge in [0.25, 0.3) is 0 Å². The van der Waals surface area contributed by atoms with E-state index in [1.807, 2.05) is 65.3 Å². The Balaban J connectivity index is 1.83. The largest absolute Gasteiger partial charge is 0.306 e. The predicted octanol–water partition coefficient (Wildman–Crippen LogP) is 5.32. The van der Waals surface area contributed by atoms with E-state index >= 15 is 0 Å². The summed E-state index contributed by atoms with van der Waals surface area (Å²) < 4.78 is 2.03. The van der Waals surface area contributed by atoms with Gasteiger partial charge in [-0.2, -0.15) is 0 Å². The average Bonchev–Trinajstić information content (AvgIpc) is 2.99. The summed E-state index contributed by atoms with van der Waals surface area (Å²) in [6, 6.07) is 22.2. The maximum absolute atomic E-state index is 6.30. The van der Waals surface area contributed by atoms with Crippen LogP contribution in [0.15, 0.2) is 79.1 Å². The number of imidazole rings is 1. The number of nitrogens with zero attached hydrogens (tertiary/aromatic N) is 2. The fourth-order valence-corrected chi connectivity index (χ4v) is 2.86. The Morgan fingerprint density at radius 1 is 0.818 bits per heavy atom. The first-order chi connectivity index (χ1) is 10.8. The van der Waals surface area contributed by atoms with Gasteiger partial charge in [-0.15, -0.1) is 0 Å². The summed E-state index contributed by atoms with van der Waals surface area (Å²) in [6.45, 7) is 0. The highest BCUT2D eigenvalue weighted by Gasteiger charge is 2.07. The molecule has 0 atom stereocenters. The van der Waals surface area contributed by atoms with E-state index in [1.54, 1.807) is 0 Å². The Morgan fingerprint density at radius 2 is 1.64 bits per heavy atom. The first kappa shape index (κ1) is 13.1. The van der Waals surface area contributed by atoms with Crippen molar-refractivity contribution in [2.24, 2.45) is 0 Å². The van der Waals surface area contributed by atoms with Crippen LogP contribution in [0.3, 0.4) is 0 Å². The van der Waals surface area contributed by atoms with Gasteiger partial charge >= 0.3 is 0 Å². The monoisotopic (exact) mass is 304 g/mol. The van der Waals surface area contributed by atoms with Crippen molar-refractivity contribution in [3.05, 3.63) is 84.1 Å². The molecule has 0 aliphatic heterocycles. The number of fused-ring (bicyclic) bond motifs is 1. The van der Waals surface area contributed by atoms with Crippen LogP contribution in [0.25, 0.3) is 28.0 Å². The highest BCUT2D eigenvalue weighted by atomic mass is 35.5. The molecule has 0 spiro atoms. The molecule has 0 saturated carbocycles. The molecule has 0 aliphatic rings. The van der Waals surface area contributed by atoms with E-state index in [0.717, 1.165) is 33.1 Å². The minimum Gasteiger partial charge on any atom is -0.306 e. The molecule has 4 rings (SSSR count). The zero-order valence-electron chi connectivity index (χ0n) is 11.8. The highest BCUT2D eigenvalue weighted by Crippen LogP contribution is 2.30. The molecule has 106 valence electrons. The second kappa shape index (κ2) is 5.32. The molecule has 0 amide bonds. The van der Waals surface area contributed by atoms with Gasteiger partial charge in [0.05, 0.1) is 5.69 Å². The van der Waals surface area contributed by atoms with Crippen LogP contribution in [-0.4, -0.2) is 9.38 Å². The molecule has 0 aliphatic carbocycles. The van der Waals surface area contributed by atoms with Gasteiger partial charge in [-0.3, -0.25) is 0 Å². The smallest absolute Gasteiger partial charge is 0.137 e. The van der Waals surface area contributed by atoms with E-state index in [4.69, 9.17) is 11.6 Å². The molecule has 2 nitrogen and oxygen atoms in total. The second-order valence-corrected chi connectivity index (χ2v) is 5.56. The zero-order chi connectivity index (χ0) is 14.9. The minimum atomic E-state index is 0.759. The summed E-state index contributed by atoms with van der Waals surface area (Å²) in [5.41, 5.74) is 5.12. The average molecular weight is 305 g/mol. The van der Waals surface area contributed by atoms with E-state index in [2.05, 4.69) is 23.2 Å². The van der Waals surface area contributed by atoms with Crippen LogP contribution in [0.5, 0.6) is 0 Å². The van der Waals surface area contributed by atoms with Crippen molar-refractivity contribution in [2.75, 3.05) is 0 Å². The molecule has 0 N–H and O–H groups in total. The molecule has 22 heavy (non-hydrogen) atoms. The molecule has 0 radical (unpaired) electrons. The van der Waals surface area contributed by atoms with Crippen molar-refractivity contribution in [2.45, 2.75) is 0 Å². The van der Waals surface area contributed by atoms with Crippen molar-refractivity contribution in [3.8, 4) is 22.4 Å². The summed E-state index contributed by atoms with van der Waals surface area (Å²) in [4.78, 5) is 4.67. The maximum Gasteiger partial charge on any atom is 0.137 e. The topological polar surface area (TPSA) is 17.3 Å². The molecule has 0 saturated heterocycles. The Bertz CT molecular complexity index is 923. The van der Waals surface area contributed by atoms with Crippen LogP contribution in [0.4, 0.5) is 0 Å². The number of hydrogen-bond donors (Lipinski definition) is 0. The van der Waals surface area contributed by atoms with Crippen LogP contribution in [-0.2, 0) is 0 Å². The van der Waals surface area contributed by atoms with E-state index in [0.29, 0.717) is 0 Å². The third-order valence-corrected chi connectivity index (χ3v) is 4.04. The number of pyridine rings is 1. The minimum absolute atomic E-state index is 0.759. The van der Waals surface area contributed by atoms with Gasteiger partial charge in [-0.05, 0) is 29.8 Å². The summed E-state index contributed by atoms with van der Waals surface area (Å²) in [5, 5.41) is 0.759. The lowest BCUT2D eigenvalue weighted by atomic mass is 10.0. The Kier molecular flexibility index (Phi) is 3.17. The normalized spacial score (nSPS) is 11.0. The zero-order valence-corrected chi connectivity index (χ0v) is 12.5. The third-order valence-electron chi connectivity index (χ3n) is 3.71. The van der Waals surface area contributed by atoms with Gasteiger partial charge in [-0.25, -0.2) is 4.98 Å². The fourth-order valence-electron chi connectivity index (χ4n) is 2.62. The lowest BCUT2D eigenvalue weighted by Crippen LogP contribution is -1.82. The Labute approximate surface area is 133 Å². The molecule has 2 aromatic carbocycles. The Morgan fingerprint density at radius 3 is 2.50 bits per heavy atom. The molecular formula is C19H13ClN2. The number of benzene rings is 2. The molecular weight excluding hydrogens is 292 g/mol. The van der Waals surface area contributed by atoms with E-state index in [-0.39, 0.29) is 0 Å². The van der Waals surface area contributed by atoms with Gasteiger partial charge in [0.1, 0.15) is 5.65 Å². The standard InChI is InChI=1S/C19H13ClN2/c20-17-9-2-1-8-16(17)14-6-5-7-15(12-14)18-13-22-11-4-3-10-19(22)21-18/h1-13H. The number of halogens is 1. The molecule has 0 fully saturated rings. The van der Waals surface area contributed by atoms with Gasteiger partial charge < -0.3 is 4.40 Å². The lowest BCUT2D eigenvalue weighted by molar-refractivity contribution is 1.19. The molecule has 0 unspecified atom stereocenters. The molecule has 4 aromatic rings. The summed E-state index contributed by atoms with van der Waals surface area (Å²) in [7, 11) is 0. The SMILES string of the molecule is Clc1ccccc1-c1cccc(-c2cn3ccccc3n2)c1. The second-order valence-electron chi connectivity index (χ2n) is 5.15. The number of hydrogen-bond acceptors (Lipinski definition) is 1. The third kappa shape index (κ3) is 2.28. The summed E-state index contributed by atoms with van der Waals surface area (Å²) in [6.07, 6.45) is 4.05. The van der Waals surface area contributed by atoms with Crippen LogP contribution >= 0.6 is 11.6 Å². The van der Waals surface area contributed by atoms with E-state index in [1.165, 1.54) is 0 Å². The number of aromatic nitrogens is 2. The van der Waals surface area contributed by atoms with Crippen LogP contribution in [0.1, 0.15) is 0 Å². The lowest BCUT2D eigenvalue weighted by Gasteiger charge is -2.05. The van der Waals surface area contributed by atoms with Crippen molar-refractivity contribution >= 4 is 17.2 Å². The quantitative estimate of drug-likeness (QED) is 0.490. The highest BCUT2D eigenvalue weighted by molar-refractivity contribution is 6.33. The molecule has 0 bridgehead atoms. The van der Waals surface area contributed by atoms with Gasteiger partial charge in [0.15, 0.2) is 0 Å². The number of rotatable bonds is 2. The van der Waals surface area contributed by atoms with Crippen LogP contribution < -0.4 is 0 Å². The summed E-state index contributed by atoms with van der Waals surface area (Å²) >= 11 is 6.30. The van der Waals surface area contributed by atoms with Crippen molar-refractivity contribution in [3.63, 3.8) is 0 Å². The van der Waals surface area contributed by atoms with Crippen molar-refractivity contribution in [1.82, 2.24) is 9.38 Å². The summed E-state index contributed by atoms with van der Waals surface area (Å²) in [5.74, 6) is 0. The van der Waals surface area contributed by atoms with Gasteiger partial charge in [-0.1, -0.05) is 54.1 Å². The first-order valence-corrected chi connectivity index (χ1v) is 7.48. The predicted molar refractivity (Wildman–Crippen MR) is 91.1 cm³/mol. The maximum atomic E-state index is 6.30. The van der Waals surface area contributed by atoms with Gasteiger partial charge in [0.2, 0.25) is 0 Å². The van der Waals surface area contributed by atoms with Crippen molar-refractivity contribution < 1.29 is 0 Å². The van der Waals surface area contributed by atoms with E-state index in [9.17, 15) is 0 Å². The fraction of sp³-hybridized carbons (Fsp3) is 0. The van der Waals surface area contributed by atoms with Crippen molar-refractivity contribution in [1.29, 1.82) is 0 Å². The van der Waals surface area contributed by atoms with Crippen LogP contribution in [0.2, 0.25) is 5.02 Å². The molecule has 3 heteroatoms. The van der Waals surface area contributed by atoms with E-state index < -0.39 is 0 Å².